The molecule has 0 radical (unpaired) electrons. The maximum Gasteiger partial charge on any atom is 0.474 e. The third kappa shape index (κ3) is 11.8. The molecular formula is C14H33O13P3. The lowest BCUT2D eigenvalue weighted by molar-refractivity contribution is 0.0203. The molecule has 30 heavy (non-hydrogen) atoms. The van der Waals surface area contributed by atoms with Crippen LogP contribution in [0.15, 0.2) is 0 Å². The zero-order chi connectivity index (χ0) is 23.4. The van der Waals surface area contributed by atoms with E-state index in [1.807, 2.05) is 0 Å². The van der Waals surface area contributed by atoms with Crippen molar-refractivity contribution >= 4 is 23.5 Å². The Bertz CT molecular complexity index is 608. The van der Waals surface area contributed by atoms with Crippen LogP contribution in [-0.4, -0.2) is 73.7 Å². The number of methoxy groups -OCH3 is 1. The second kappa shape index (κ2) is 14.4. The first-order chi connectivity index (χ1) is 13.9. The zero-order valence-corrected chi connectivity index (χ0v) is 21.2. The van der Waals surface area contributed by atoms with Crippen LogP contribution in [0.1, 0.15) is 20.8 Å². The van der Waals surface area contributed by atoms with Gasteiger partial charge in [-0.1, -0.05) is 0 Å². The van der Waals surface area contributed by atoms with Gasteiger partial charge in [0.05, 0.1) is 38.1 Å². The number of hydrogen-bond donors (Lipinski definition) is 0. The number of rotatable bonds is 18. The standard InChI is InChI=1S/C14H33O13P3/c1-12(9-18-4)26-29(16,21-7)24-11-14(3)27-30(17,22-8)23-10-13(2)25-28(15,19-5)20-6/h12-14H,9-11H2,1-8H3. The third-order valence-corrected chi connectivity index (χ3v) is 7.73. The molecule has 5 unspecified atom stereocenters. The lowest BCUT2D eigenvalue weighted by Gasteiger charge is -2.24. The summed E-state index contributed by atoms with van der Waals surface area (Å²) in [5.74, 6) is 0. The highest BCUT2D eigenvalue weighted by Gasteiger charge is 2.34. The van der Waals surface area contributed by atoms with Crippen LogP contribution in [0, 0.1) is 0 Å². The fraction of sp³-hybridized carbons (Fsp3) is 1.00. The molecule has 5 atom stereocenters. The van der Waals surface area contributed by atoms with E-state index in [1.54, 1.807) is 6.92 Å². The molecule has 0 aliphatic rings. The van der Waals surface area contributed by atoms with Crippen LogP contribution in [0.4, 0.5) is 0 Å². The van der Waals surface area contributed by atoms with E-state index in [9.17, 15) is 13.7 Å². The SMILES string of the molecule is COCC(C)OP(=O)(OC)OCC(C)OP(=O)(OC)OCC(C)OP(=O)(OC)OC. The molecule has 0 saturated heterocycles. The topological polar surface area (TPSA) is 144 Å². The fourth-order valence-electron chi connectivity index (χ4n) is 1.79. The minimum absolute atomic E-state index is 0.175. The summed E-state index contributed by atoms with van der Waals surface area (Å²) < 4.78 is 86.7. The monoisotopic (exact) mass is 502 g/mol. The first-order valence-electron chi connectivity index (χ1n) is 8.76. The average Bonchev–Trinajstić information content (AvgIpc) is 2.71. The molecule has 0 N–H and O–H groups in total. The predicted molar refractivity (Wildman–Crippen MR) is 106 cm³/mol. The molecule has 0 heterocycles. The molecule has 0 saturated carbocycles. The molecule has 0 aliphatic carbocycles. The summed E-state index contributed by atoms with van der Waals surface area (Å²) in [4.78, 5) is 0. The average molecular weight is 502 g/mol. The Hall–Kier alpha value is 0.290. The molecule has 13 nitrogen and oxygen atoms in total. The van der Waals surface area contributed by atoms with Crippen molar-refractivity contribution in [3.63, 3.8) is 0 Å². The summed E-state index contributed by atoms with van der Waals surface area (Å²) in [7, 11) is -5.62. The predicted octanol–water partition coefficient (Wildman–Crippen LogP) is 3.79. The van der Waals surface area contributed by atoms with E-state index in [1.165, 1.54) is 21.0 Å². The van der Waals surface area contributed by atoms with E-state index in [4.69, 9.17) is 36.4 Å². The molecule has 0 spiro atoms. The summed E-state index contributed by atoms with van der Waals surface area (Å²) in [5, 5.41) is 0. The van der Waals surface area contributed by atoms with E-state index < -0.39 is 41.8 Å². The van der Waals surface area contributed by atoms with Gasteiger partial charge >= 0.3 is 23.5 Å². The molecule has 0 aromatic carbocycles. The Morgan fingerprint density at radius 2 is 0.833 bits per heavy atom. The van der Waals surface area contributed by atoms with Crippen LogP contribution >= 0.6 is 23.5 Å². The van der Waals surface area contributed by atoms with Crippen molar-refractivity contribution in [2.75, 3.05) is 55.4 Å². The van der Waals surface area contributed by atoms with Gasteiger partial charge < -0.3 is 4.74 Å². The number of hydrogen-bond acceptors (Lipinski definition) is 13. The van der Waals surface area contributed by atoms with Crippen LogP contribution in [-0.2, 0) is 59.1 Å². The van der Waals surface area contributed by atoms with E-state index in [0.717, 1.165) is 28.4 Å². The van der Waals surface area contributed by atoms with Crippen LogP contribution in [0.3, 0.4) is 0 Å². The van der Waals surface area contributed by atoms with Gasteiger partial charge in [-0.2, -0.15) is 0 Å². The summed E-state index contributed by atoms with van der Waals surface area (Å²) in [6.07, 6.45) is -2.28. The highest BCUT2D eigenvalue weighted by atomic mass is 31.2. The van der Waals surface area contributed by atoms with Gasteiger partial charge in [0.25, 0.3) is 0 Å². The normalized spacial score (nSPS) is 19.6. The lowest BCUT2D eigenvalue weighted by Crippen LogP contribution is -2.20. The minimum Gasteiger partial charge on any atom is -0.382 e. The quantitative estimate of drug-likeness (QED) is 0.251. The number of phosphoric ester groups is 3. The van der Waals surface area contributed by atoms with Gasteiger partial charge in [0.15, 0.2) is 0 Å². The molecule has 0 rings (SSSR count). The number of ether oxygens (including phenoxy) is 1. The first kappa shape index (κ1) is 30.3. The smallest absolute Gasteiger partial charge is 0.382 e. The highest BCUT2D eigenvalue weighted by molar-refractivity contribution is 7.49. The van der Waals surface area contributed by atoms with Crippen molar-refractivity contribution in [1.82, 2.24) is 0 Å². The van der Waals surface area contributed by atoms with Crippen LogP contribution in [0.5, 0.6) is 0 Å². The zero-order valence-electron chi connectivity index (χ0n) is 18.5. The van der Waals surface area contributed by atoms with Gasteiger partial charge in [0, 0.05) is 35.5 Å². The molecule has 0 aromatic rings. The molecule has 0 bridgehead atoms. The van der Waals surface area contributed by atoms with E-state index in [-0.39, 0.29) is 19.8 Å². The molecule has 0 fully saturated rings. The summed E-state index contributed by atoms with van der Waals surface area (Å²) in [6, 6.07) is 0. The Morgan fingerprint density at radius 1 is 0.533 bits per heavy atom. The fourth-order valence-corrected chi connectivity index (χ4v) is 4.91. The van der Waals surface area contributed by atoms with Gasteiger partial charge in [0.1, 0.15) is 0 Å². The third-order valence-electron chi connectivity index (χ3n) is 3.16. The molecule has 182 valence electrons. The largest absolute Gasteiger partial charge is 0.474 e. The molecular weight excluding hydrogens is 469 g/mol. The second-order valence-corrected chi connectivity index (χ2v) is 11.2. The highest BCUT2D eigenvalue weighted by Crippen LogP contribution is 2.53. The summed E-state index contributed by atoms with van der Waals surface area (Å²) in [5.41, 5.74) is 0. The Kier molecular flexibility index (Phi) is 14.6. The lowest BCUT2D eigenvalue weighted by atomic mass is 10.5. The summed E-state index contributed by atoms with van der Waals surface area (Å²) in [6.45, 7) is 4.15. The van der Waals surface area contributed by atoms with E-state index >= 15 is 0 Å². The van der Waals surface area contributed by atoms with Crippen molar-refractivity contribution in [1.29, 1.82) is 0 Å². The first-order valence-corrected chi connectivity index (χ1v) is 13.1. The minimum atomic E-state index is -4.04. The van der Waals surface area contributed by atoms with Crippen molar-refractivity contribution in [2.45, 2.75) is 39.1 Å². The Morgan fingerprint density at radius 3 is 1.13 bits per heavy atom. The molecule has 0 aliphatic heterocycles. The maximum absolute atomic E-state index is 12.6. The van der Waals surface area contributed by atoms with Crippen LogP contribution < -0.4 is 0 Å². The van der Waals surface area contributed by atoms with Gasteiger partial charge in [-0.05, 0) is 20.8 Å². The van der Waals surface area contributed by atoms with E-state index in [2.05, 4.69) is 9.05 Å². The van der Waals surface area contributed by atoms with Crippen molar-refractivity contribution < 1.29 is 59.1 Å². The van der Waals surface area contributed by atoms with E-state index in [0.29, 0.717) is 0 Å². The second-order valence-electron chi connectivity index (χ2n) is 5.87. The molecule has 0 amide bonds. The van der Waals surface area contributed by atoms with Crippen LogP contribution in [0.2, 0.25) is 0 Å². The van der Waals surface area contributed by atoms with Gasteiger partial charge in [-0.15, -0.1) is 0 Å². The van der Waals surface area contributed by atoms with Gasteiger partial charge in [-0.25, -0.2) is 13.7 Å². The number of phosphoric acid groups is 3. The molecule has 16 heteroatoms. The molecule has 0 aromatic heterocycles. The van der Waals surface area contributed by atoms with Crippen LogP contribution in [0.25, 0.3) is 0 Å². The van der Waals surface area contributed by atoms with Crippen molar-refractivity contribution in [3.05, 3.63) is 0 Å². The van der Waals surface area contributed by atoms with Gasteiger partial charge in [-0.3, -0.25) is 40.7 Å². The Labute approximate surface area is 177 Å². The van der Waals surface area contributed by atoms with Gasteiger partial charge in [0.2, 0.25) is 0 Å². The van der Waals surface area contributed by atoms with Crippen molar-refractivity contribution in [2.24, 2.45) is 0 Å². The maximum atomic E-state index is 12.6. The Balaban J connectivity index is 4.73. The summed E-state index contributed by atoms with van der Waals surface area (Å²) >= 11 is 0. The van der Waals surface area contributed by atoms with Crippen molar-refractivity contribution in [3.8, 4) is 0 Å².